The van der Waals surface area contributed by atoms with Gasteiger partial charge in [-0.2, -0.15) is 0 Å². The van der Waals surface area contributed by atoms with E-state index in [0.717, 1.165) is 12.1 Å². The number of nitrogen functional groups attached to an aromatic ring is 1. The van der Waals surface area contributed by atoms with Crippen LogP contribution in [0.1, 0.15) is 49.9 Å². The molecule has 1 nitrogen and oxygen atoms in total. The van der Waals surface area contributed by atoms with Gasteiger partial charge in [0.25, 0.3) is 0 Å². The fourth-order valence-electron chi connectivity index (χ4n) is 3.85. The summed E-state index contributed by atoms with van der Waals surface area (Å²) >= 11 is 1.93. The van der Waals surface area contributed by atoms with Crippen LogP contribution in [0.2, 0.25) is 5.82 Å². The second-order valence-corrected chi connectivity index (χ2v) is 8.07. The maximum atomic E-state index is 6.55. The molecule has 0 spiro atoms. The monoisotopic (exact) mass is 297 g/mol. The highest BCUT2D eigenvalue weighted by atomic mass is 32.1. The van der Waals surface area contributed by atoms with E-state index in [9.17, 15) is 0 Å². The number of fused-ring (bicyclic) bond motifs is 2. The fourth-order valence-corrected chi connectivity index (χ4v) is 5.17. The number of benzene rings is 1. The number of aryl methyl sites for hydroxylation is 1. The summed E-state index contributed by atoms with van der Waals surface area (Å²) in [5.41, 5.74) is 12.0. The quantitative estimate of drug-likeness (QED) is 0.843. The minimum atomic E-state index is 0.0591. The lowest BCUT2D eigenvalue weighted by Gasteiger charge is -2.37. The van der Waals surface area contributed by atoms with Gasteiger partial charge in [-0.25, -0.2) is 0 Å². The highest BCUT2D eigenvalue weighted by Gasteiger charge is 2.43. The molecule has 2 aromatic rings. The normalized spacial score (nSPS) is 16.0. The lowest BCUT2D eigenvalue weighted by atomic mass is 9.30. The highest BCUT2D eigenvalue weighted by Crippen LogP contribution is 2.41. The van der Waals surface area contributed by atoms with Gasteiger partial charge in [-0.05, 0) is 17.4 Å². The van der Waals surface area contributed by atoms with Gasteiger partial charge in [-0.15, -0.1) is 11.3 Å². The molecule has 0 amide bonds. The Morgan fingerprint density at radius 1 is 1.24 bits per heavy atom. The molecule has 0 aliphatic carbocycles. The van der Waals surface area contributed by atoms with Gasteiger partial charge in [0.2, 0.25) is 6.71 Å². The minimum Gasteiger partial charge on any atom is -0.398 e. The molecule has 110 valence electrons. The van der Waals surface area contributed by atoms with Gasteiger partial charge in [0.05, 0.1) is 0 Å². The van der Waals surface area contributed by atoms with Crippen molar-refractivity contribution in [3.63, 3.8) is 0 Å². The van der Waals surface area contributed by atoms with Gasteiger partial charge < -0.3 is 5.73 Å². The first-order chi connectivity index (χ1) is 9.89. The lowest BCUT2D eigenvalue weighted by molar-refractivity contribution is 0.659. The van der Waals surface area contributed by atoms with E-state index < -0.39 is 0 Å². The lowest BCUT2D eigenvalue weighted by Crippen LogP contribution is -2.55. The zero-order valence-corrected chi connectivity index (χ0v) is 14.5. The number of hydrogen-bond acceptors (Lipinski definition) is 2. The van der Waals surface area contributed by atoms with E-state index in [0.29, 0.717) is 12.5 Å². The van der Waals surface area contributed by atoms with Crippen LogP contribution in [0.25, 0.3) is 0 Å². The summed E-state index contributed by atoms with van der Waals surface area (Å²) in [6, 6.07) is 8.93. The van der Waals surface area contributed by atoms with Crippen LogP contribution in [0, 0.1) is 0 Å². The SMILES string of the molecule is CCc1sc2c(c1N)B(C(C)C)c1ccccc1C2(C)C. The van der Waals surface area contributed by atoms with Gasteiger partial charge in [-0.1, -0.05) is 70.2 Å². The van der Waals surface area contributed by atoms with E-state index >= 15 is 0 Å². The van der Waals surface area contributed by atoms with Crippen molar-refractivity contribution in [1.29, 1.82) is 0 Å². The molecule has 0 unspecified atom stereocenters. The average Bonchev–Trinajstić information content (AvgIpc) is 2.77. The summed E-state index contributed by atoms with van der Waals surface area (Å²) in [6.07, 6.45) is 1.03. The van der Waals surface area contributed by atoms with Crippen LogP contribution < -0.4 is 16.7 Å². The zero-order valence-electron chi connectivity index (χ0n) is 13.7. The molecule has 2 N–H and O–H groups in total. The Morgan fingerprint density at radius 3 is 2.52 bits per heavy atom. The zero-order chi connectivity index (χ0) is 15.4. The molecule has 0 bridgehead atoms. The number of hydrogen-bond donors (Lipinski definition) is 1. The Bertz CT molecular complexity index is 685. The topological polar surface area (TPSA) is 26.0 Å². The largest absolute Gasteiger partial charge is 0.398 e. The van der Waals surface area contributed by atoms with Crippen LogP contribution in [0.15, 0.2) is 24.3 Å². The van der Waals surface area contributed by atoms with Crippen LogP contribution in [-0.4, -0.2) is 6.71 Å². The molecule has 0 fully saturated rings. The van der Waals surface area contributed by atoms with Gasteiger partial charge in [-0.3, -0.25) is 0 Å². The Morgan fingerprint density at radius 2 is 1.90 bits per heavy atom. The summed E-state index contributed by atoms with van der Waals surface area (Å²) < 4.78 is 0. The van der Waals surface area contributed by atoms with Crippen LogP contribution in [-0.2, 0) is 11.8 Å². The maximum Gasteiger partial charge on any atom is 0.216 e. The van der Waals surface area contributed by atoms with E-state index in [4.69, 9.17) is 5.73 Å². The van der Waals surface area contributed by atoms with Crippen molar-refractivity contribution < 1.29 is 0 Å². The summed E-state index contributed by atoms with van der Waals surface area (Å²) in [6.45, 7) is 11.9. The molecular formula is C18H24BNS. The molecule has 21 heavy (non-hydrogen) atoms. The minimum absolute atomic E-state index is 0.0591. The second-order valence-electron chi connectivity index (χ2n) is 6.97. The van der Waals surface area contributed by atoms with Crippen molar-refractivity contribution in [3.8, 4) is 0 Å². The average molecular weight is 297 g/mol. The predicted molar refractivity (Wildman–Crippen MR) is 96.8 cm³/mol. The predicted octanol–water partition coefficient (Wildman–Crippen LogP) is 3.55. The number of rotatable bonds is 2. The Labute approximate surface area is 132 Å². The van der Waals surface area contributed by atoms with E-state index in [1.54, 1.807) is 0 Å². The molecule has 2 heterocycles. The molecule has 3 heteroatoms. The third-order valence-electron chi connectivity index (χ3n) is 4.90. The van der Waals surface area contributed by atoms with E-state index in [-0.39, 0.29) is 5.41 Å². The molecule has 1 aliphatic rings. The van der Waals surface area contributed by atoms with E-state index in [2.05, 4.69) is 58.9 Å². The molecule has 1 aliphatic heterocycles. The summed E-state index contributed by atoms with van der Waals surface area (Å²) in [7, 11) is 0. The van der Waals surface area contributed by atoms with Gasteiger partial charge >= 0.3 is 0 Å². The Kier molecular flexibility index (Phi) is 3.44. The van der Waals surface area contributed by atoms with Crippen LogP contribution in [0.4, 0.5) is 5.69 Å². The Hall–Kier alpha value is -1.22. The molecular weight excluding hydrogens is 273 g/mol. The standard InChI is InChI=1S/C18H24BNS/c1-6-14-16(20)15-17(21-14)18(4,5)12-9-7-8-10-13(12)19(15)11(2)3/h7-11H,6,20H2,1-5H3. The van der Waals surface area contributed by atoms with Crippen molar-refractivity contribution in [3.05, 3.63) is 39.6 Å². The molecule has 3 rings (SSSR count). The van der Waals surface area contributed by atoms with Crippen LogP contribution in [0.3, 0.4) is 0 Å². The van der Waals surface area contributed by atoms with Crippen molar-refractivity contribution >= 4 is 34.7 Å². The first kappa shape index (κ1) is 14.7. The molecule has 0 atom stereocenters. The highest BCUT2D eigenvalue weighted by molar-refractivity contribution is 7.15. The first-order valence-corrected chi connectivity index (χ1v) is 8.72. The maximum absolute atomic E-state index is 6.55. The molecule has 0 saturated heterocycles. The first-order valence-electron chi connectivity index (χ1n) is 7.90. The molecule has 1 aromatic heterocycles. The third-order valence-corrected chi connectivity index (χ3v) is 6.59. The Balaban J connectivity index is 2.36. The van der Waals surface area contributed by atoms with Gasteiger partial charge in [0.1, 0.15) is 0 Å². The van der Waals surface area contributed by atoms with E-state index in [1.807, 2.05) is 11.3 Å². The second kappa shape index (κ2) is 4.91. The van der Waals surface area contributed by atoms with Gasteiger partial charge in [0, 0.05) is 20.9 Å². The van der Waals surface area contributed by atoms with Crippen LogP contribution >= 0.6 is 11.3 Å². The molecule has 0 saturated carbocycles. The van der Waals surface area contributed by atoms with Gasteiger partial charge in [0.15, 0.2) is 0 Å². The van der Waals surface area contributed by atoms with Crippen molar-refractivity contribution in [2.24, 2.45) is 0 Å². The van der Waals surface area contributed by atoms with Crippen LogP contribution in [0.5, 0.6) is 0 Å². The third kappa shape index (κ3) is 1.97. The summed E-state index contributed by atoms with van der Waals surface area (Å²) in [5.74, 6) is 0.558. The number of thiophene rings is 1. The van der Waals surface area contributed by atoms with Crippen molar-refractivity contribution in [2.45, 2.75) is 52.3 Å². The number of nitrogens with two attached hydrogens (primary N) is 1. The smallest absolute Gasteiger partial charge is 0.216 e. The van der Waals surface area contributed by atoms with Crippen molar-refractivity contribution in [2.75, 3.05) is 5.73 Å². The van der Waals surface area contributed by atoms with E-state index in [1.165, 1.54) is 26.2 Å². The summed E-state index contributed by atoms with van der Waals surface area (Å²) in [4.78, 5) is 2.83. The summed E-state index contributed by atoms with van der Waals surface area (Å²) in [5, 5.41) is 0. The van der Waals surface area contributed by atoms with Crippen molar-refractivity contribution in [1.82, 2.24) is 0 Å². The number of anilines is 1. The molecule has 1 aromatic carbocycles. The fraction of sp³-hybridized carbons (Fsp3) is 0.444. The molecule has 0 radical (unpaired) electrons.